The first kappa shape index (κ1) is 12.8. The molecule has 0 saturated carbocycles. The van der Waals surface area contributed by atoms with Crippen molar-refractivity contribution in [2.75, 3.05) is 13.7 Å². The van der Waals surface area contributed by atoms with E-state index in [1.807, 2.05) is 13.8 Å². The Kier molecular flexibility index (Phi) is 6.19. The van der Waals surface area contributed by atoms with Crippen molar-refractivity contribution in [2.24, 2.45) is 0 Å². The van der Waals surface area contributed by atoms with Gasteiger partial charge in [0, 0.05) is 0 Å². The fourth-order valence-electron chi connectivity index (χ4n) is 1.06. The van der Waals surface area contributed by atoms with Gasteiger partial charge in [-0.05, 0) is 7.05 Å². The van der Waals surface area contributed by atoms with Crippen molar-refractivity contribution in [3.8, 4) is 0 Å². The Morgan fingerprint density at radius 2 is 1.69 bits per heavy atom. The van der Waals surface area contributed by atoms with Crippen LogP contribution in [0, 0.1) is 0 Å². The number of nitrogens with one attached hydrogen (secondary N) is 1. The Bertz CT molecular complexity index is 131. The fourth-order valence-corrected chi connectivity index (χ4v) is 1.06. The normalized spacial score (nSPS) is 39.2. The van der Waals surface area contributed by atoms with Gasteiger partial charge in [0.15, 0.2) is 0 Å². The maximum Gasteiger partial charge on any atom is 0.136 e. The Balaban J connectivity index is 0.000000671. The summed E-state index contributed by atoms with van der Waals surface area (Å²) in [6, 6.07) is 0. The number of hydrogen-bond acceptors (Lipinski definition) is 5. The van der Waals surface area contributed by atoms with Crippen LogP contribution in [0.15, 0.2) is 0 Å². The highest BCUT2D eigenvalue weighted by Gasteiger charge is 2.36. The van der Waals surface area contributed by atoms with E-state index < -0.39 is 24.5 Å². The maximum absolute atomic E-state index is 9.21. The molecule has 1 heterocycles. The Hall–Kier alpha value is -0.200. The monoisotopic (exact) mass is 193 g/mol. The summed E-state index contributed by atoms with van der Waals surface area (Å²) in [7, 11) is 1.61. The number of likely N-dealkylation sites (N-methyl/N-ethyl adjacent to an activating group) is 1. The van der Waals surface area contributed by atoms with Crippen LogP contribution in [0.3, 0.4) is 0 Å². The van der Waals surface area contributed by atoms with Gasteiger partial charge in [-0.2, -0.15) is 0 Å². The zero-order chi connectivity index (χ0) is 10.4. The molecule has 5 heteroatoms. The fraction of sp³-hybridized carbons (Fsp3) is 1.00. The quantitative estimate of drug-likeness (QED) is 0.415. The van der Waals surface area contributed by atoms with Crippen molar-refractivity contribution >= 4 is 0 Å². The third-order valence-corrected chi connectivity index (χ3v) is 1.79. The van der Waals surface area contributed by atoms with Crippen molar-refractivity contribution in [1.29, 1.82) is 0 Å². The molecule has 4 unspecified atom stereocenters. The van der Waals surface area contributed by atoms with Gasteiger partial charge in [0.1, 0.15) is 24.5 Å². The first-order valence-electron chi connectivity index (χ1n) is 4.50. The largest absolute Gasteiger partial charge is 0.388 e. The standard InChI is InChI=1S/C6H13NO4.C2H6/c1-7-6-5(10)4(9)3(8)2-11-6;1-2/h3-10H,2H2,1H3;1-2H3. The molecule has 1 aliphatic rings. The Morgan fingerprint density at radius 1 is 1.15 bits per heavy atom. The van der Waals surface area contributed by atoms with Crippen LogP contribution >= 0.6 is 0 Å². The highest BCUT2D eigenvalue weighted by atomic mass is 16.5. The van der Waals surface area contributed by atoms with Crippen molar-refractivity contribution in [3.63, 3.8) is 0 Å². The molecule has 5 nitrogen and oxygen atoms in total. The summed E-state index contributed by atoms with van der Waals surface area (Å²) in [5, 5.41) is 30.0. The summed E-state index contributed by atoms with van der Waals surface area (Å²) in [5.74, 6) is 0. The number of hydrogen-bond donors (Lipinski definition) is 4. The van der Waals surface area contributed by atoms with E-state index in [0.717, 1.165) is 0 Å². The first-order valence-corrected chi connectivity index (χ1v) is 4.50. The van der Waals surface area contributed by atoms with E-state index >= 15 is 0 Å². The second-order valence-electron chi connectivity index (χ2n) is 2.59. The minimum atomic E-state index is -1.12. The summed E-state index contributed by atoms with van der Waals surface area (Å²) >= 11 is 0. The molecule has 0 aromatic rings. The Morgan fingerprint density at radius 3 is 2.15 bits per heavy atom. The summed E-state index contributed by atoms with van der Waals surface area (Å²) in [6.07, 6.45) is -3.77. The predicted octanol–water partition coefficient (Wildman–Crippen LogP) is -1.33. The van der Waals surface area contributed by atoms with Gasteiger partial charge in [0.25, 0.3) is 0 Å². The summed E-state index contributed by atoms with van der Waals surface area (Å²) in [4.78, 5) is 0. The molecule has 0 amide bonds. The van der Waals surface area contributed by atoms with Crippen LogP contribution in [0.25, 0.3) is 0 Å². The molecule has 1 saturated heterocycles. The van der Waals surface area contributed by atoms with Gasteiger partial charge in [-0.25, -0.2) is 0 Å². The summed E-state index contributed by atoms with van der Waals surface area (Å²) < 4.78 is 4.95. The van der Waals surface area contributed by atoms with E-state index in [-0.39, 0.29) is 6.61 Å². The van der Waals surface area contributed by atoms with Gasteiger partial charge in [0.05, 0.1) is 6.61 Å². The lowest BCUT2D eigenvalue weighted by Gasteiger charge is -2.34. The van der Waals surface area contributed by atoms with E-state index in [2.05, 4.69) is 5.32 Å². The summed E-state index contributed by atoms with van der Waals surface area (Å²) in [5.41, 5.74) is 0. The van der Waals surface area contributed by atoms with Gasteiger partial charge in [0.2, 0.25) is 0 Å². The predicted molar refractivity (Wildman–Crippen MR) is 48.2 cm³/mol. The number of aliphatic hydroxyl groups is 3. The van der Waals surface area contributed by atoms with Crippen LogP contribution in [-0.4, -0.2) is 53.5 Å². The molecule has 4 atom stereocenters. The average molecular weight is 193 g/mol. The van der Waals surface area contributed by atoms with E-state index in [4.69, 9.17) is 14.9 Å². The molecule has 80 valence electrons. The maximum atomic E-state index is 9.21. The second-order valence-corrected chi connectivity index (χ2v) is 2.59. The lowest BCUT2D eigenvalue weighted by Crippen LogP contribution is -2.57. The van der Waals surface area contributed by atoms with Crippen LogP contribution < -0.4 is 5.32 Å². The molecule has 0 aromatic heterocycles. The number of ether oxygens (including phenoxy) is 1. The van der Waals surface area contributed by atoms with Crippen molar-refractivity contribution in [2.45, 2.75) is 38.4 Å². The SMILES string of the molecule is CC.CNC1OCC(O)C(O)C1O. The van der Waals surface area contributed by atoms with E-state index in [0.29, 0.717) is 0 Å². The third kappa shape index (κ3) is 3.21. The lowest BCUT2D eigenvalue weighted by atomic mass is 10.0. The third-order valence-electron chi connectivity index (χ3n) is 1.79. The van der Waals surface area contributed by atoms with E-state index in [1.165, 1.54) is 0 Å². The molecule has 0 aromatic carbocycles. The van der Waals surface area contributed by atoms with Crippen LogP contribution in [-0.2, 0) is 4.74 Å². The van der Waals surface area contributed by atoms with Crippen LogP contribution in [0.1, 0.15) is 13.8 Å². The van der Waals surface area contributed by atoms with Gasteiger partial charge in [-0.15, -0.1) is 0 Å². The molecule has 0 spiro atoms. The molecule has 0 radical (unpaired) electrons. The van der Waals surface area contributed by atoms with Crippen molar-refractivity contribution in [3.05, 3.63) is 0 Å². The van der Waals surface area contributed by atoms with Crippen LogP contribution in [0.5, 0.6) is 0 Å². The van der Waals surface area contributed by atoms with Crippen LogP contribution in [0.2, 0.25) is 0 Å². The topological polar surface area (TPSA) is 82.0 Å². The zero-order valence-corrected chi connectivity index (χ0v) is 8.27. The van der Waals surface area contributed by atoms with Gasteiger partial charge < -0.3 is 20.1 Å². The van der Waals surface area contributed by atoms with Crippen molar-refractivity contribution < 1.29 is 20.1 Å². The first-order chi connectivity index (χ1) is 6.16. The molecule has 4 N–H and O–H groups in total. The molecule has 1 aliphatic heterocycles. The van der Waals surface area contributed by atoms with Gasteiger partial charge >= 0.3 is 0 Å². The molecular weight excluding hydrogens is 174 g/mol. The van der Waals surface area contributed by atoms with E-state index in [9.17, 15) is 5.11 Å². The molecule has 0 bridgehead atoms. The second kappa shape index (κ2) is 6.28. The van der Waals surface area contributed by atoms with Crippen LogP contribution in [0.4, 0.5) is 0 Å². The smallest absolute Gasteiger partial charge is 0.136 e. The Labute approximate surface area is 78.3 Å². The highest BCUT2D eigenvalue weighted by Crippen LogP contribution is 2.12. The summed E-state index contributed by atoms with van der Waals surface area (Å²) in [6.45, 7) is 4.05. The van der Waals surface area contributed by atoms with Gasteiger partial charge in [-0.1, -0.05) is 13.8 Å². The molecular formula is C8H19NO4. The van der Waals surface area contributed by atoms with Crippen molar-refractivity contribution in [1.82, 2.24) is 5.32 Å². The van der Waals surface area contributed by atoms with Gasteiger partial charge in [-0.3, -0.25) is 5.32 Å². The molecule has 13 heavy (non-hydrogen) atoms. The highest BCUT2D eigenvalue weighted by molar-refractivity contribution is 4.84. The number of rotatable bonds is 1. The minimum Gasteiger partial charge on any atom is -0.388 e. The zero-order valence-electron chi connectivity index (χ0n) is 8.27. The number of aliphatic hydroxyl groups excluding tert-OH is 3. The minimum absolute atomic E-state index is 0.0454. The molecule has 1 rings (SSSR count). The van der Waals surface area contributed by atoms with E-state index in [1.54, 1.807) is 7.05 Å². The lowest BCUT2D eigenvalue weighted by molar-refractivity contribution is -0.193. The molecule has 0 aliphatic carbocycles. The average Bonchev–Trinajstić information content (AvgIpc) is 2.18. The molecule has 1 fully saturated rings.